The van der Waals surface area contributed by atoms with Crippen LogP contribution >= 0.6 is 0 Å². The molecule has 7 heteroatoms. The molecule has 0 radical (unpaired) electrons. The van der Waals surface area contributed by atoms with Crippen molar-refractivity contribution in [2.75, 3.05) is 19.0 Å². The number of benzene rings is 2. The van der Waals surface area contributed by atoms with Gasteiger partial charge in [0.25, 0.3) is 5.91 Å². The molecule has 1 amide bonds. The van der Waals surface area contributed by atoms with Crippen molar-refractivity contribution in [2.24, 2.45) is 0 Å². The number of carbonyl (C=O) groups excluding carboxylic acids is 1. The topological polar surface area (TPSA) is 63.2 Å². The Hall–Kier alpha value is -3.48. The number of methoxy groups -OCH3 is 1. The standard InChI is InChI=1S/C21H19F2N3O2/c1-28-20-5-3-2-4-14(20)8-9-25-21(27)15-10-17(13-24-12-15)26-19-7-6-16(22)11-18(19)23/h2-7,10-13,26H,8-9H2,1H3,(H,25,27). The molecule has 2 N–H and O–H groups in total. The molecule has 5 nitrogen and oxygen atoms in total. The van der Waals surface area contributed by atoms with E-state index in [1.54, 1.807) is 13.2 Å². The van der Waals surface area contributed by atoms with Gasteiger partial charge in [-0.15, -0.1) is 0 Å². The summed E-state index contributed by atoms with van der Waals surface area (Å²) in [5.74, 6) is -0.924. The molecule has 0 spiro atoms. The summed E-state index contributed by atoms with van der Waals surface area (Å²) >= 11 is 0. The molecule has 0 bridgehead atoms. The third kappa shape index (κ3) is 4.82. The van der Waals surface area contributed by atoms with Gasteiger partial charge in [0.2, 0.25) is 0 Å². The zero-order valence-corrected chi connectivity index (χ0v) is 15.2. The quantitative estimate of drug-likeness (QED) is 0.645. The van der Waals surface area contributed by atoms with Crippen molar-refractivity contribution in [1.29, 1.82) is 0 Å². The van der Waals surface area contributed by atoms with Gasteiger partial charge in [-0.1, -0.05) is 18.2 Å². The molecule has 0 aliphatic rings. The minimum Gasteiger partial charge on any atom is -0.496 e. The van der Waals surface area contributed by atoms with Gasteiger partial charge in [-0.3, -0.25) is 9.78 Å². The molecule has 28 heavy (non-hydrogen) atoms. The van der Waals surface area contributed by atoms with Gasteiger partial charge in [0.1, 0.15) is 17.4 Å². The van der Waals surface area contributed by atoms with Crippen LogP contribution < -0.4 is 15.4 Å². The van der Waals surface area contributed by atoms with Crippen LogP contribution in [0.15, 0.2) is 60.9 Å². The van der Waals surface area contributed by atoms with Crippen molar-refractivity contribution in [3.05, 3.63) is 83.7 Å². The van der Waals surface area contributed by atoms with Crippen LogP contribution in [0, 0.1) is 11.6 Å². The minimum absolute atomic E-state index is 0.0944. The predicted octanol–water partition coefficient (Wildman–Crippen LogP) is 4.08. The maximum absolute atomic E-state index is 13.8. The first-order valence-corrected chi connectivity index (χ1v) is 8.64. The Morgan fingerprint density at radius 1 is 1.11 bits per heavy atom. The first kappa shape index (κ1) is 19.3. The van der Waals surface area contributed by atoms with Gasteiger partial charge in [-0.25, -0.2) is 8.78 Å². The van der Waals surface area contributed by atoms with E-state index in [9.17, 15) is 13.6 Å². The maximum Gasteiger partial charge on any atom is 0.252 e. The van der Waals surface area contributed by atoms with Crippen LogP contribution in [0.3, 0.4) is 0 Å². The van der Waals surface area contributed by atoms with Crippen molar-refractivity contribution in [2.45, 2.75) is 6.42 Å². The predicted molar refractivity (Wildman–Crippen MR) is 103 cm³/mol. The van der Waals surface area contributed by atoms with Crippen LogP contribution in [-0.2, 0) is 6.42 Å². The lowest BCUT2D eigenvalue weighted by atomic mass is 10.1. The van der Waals surface area contributed by atoms with E-state index >= 15 is 0 Å². The number of aromatic nitrogens is 1. The van der Waals surface area contributed by atoms with Gasteiger partial charge in [0.05, 0.1) is 30.2 Å². The summed E-state index contributed by atoms with van der Waals surface area (Å²) in [7, 11) is 1.60. The lowest BCUT2D eigenvalue weighted by Gasteiger charge is -2.10. The number of rotatable bonds is 7. The van der Waals surface area contributed by atoms with Gasteiger partial charge < -0.3 is 15.4 Å². The zero-order valence-electron chi connectivity index (χ0n) is 15.2. The number of nitrogens with zero attached hydrogens (tertiary/aromatic N) is 1. The summed E-state index contributed by atoms with van der Waals surface area (Å²) in [6, 6.07) is 12.4. The Labute approximate surface area is 161 Å². The highest BCUT2D eigenvalue weighted by Gasteiger charge is 2.09. The van der Waals surface area contributed by atoms with Gasteiger partial charge in [0.15, 0.2) is 0 Å². The molecule has 3 rings (SSSR count). The van der Waals surface area contributed by atoms with E-state index in [2.05, 4.69) is 15.6 Å². The summed E-state index contributed by atoms with van der Waals surface area (Å²) in [6.07, 6.45) is 3.49. The zero-order chi connectivity index (χ0) is 19.9. The number of ether oxygens (including phenoxy) is 1. The van der Waals surface area contributed by atoms with Gasteiger partial charge in [-0.05, 0) is 36.2 Å². The number of nitrogens with one attached hydrogen (secondary N) is 2. The summed E-state index contributed by atoms with van der Waals surface area (Å²) in [5.41, 5.74) is 1.83. The SMILES string of the molecule is COc1ccccc1CCNC(=O)c1cncc(Nc2ccc(F)cc2F)c1. The number of anilines is 2. The summed E-state index contributed by atoms with van der Waals surface area (Å²) < 4.78 is 32.1. The molecular weight excluding hydrogens is 364 g/mol. The molecule has 0 fully saturated rings. The molecule has 1 aromatic heterocycles. The second-order valence-corrected chi connectivity index (χ2v) is 6.03. The molecule has 0 unspecified atom stereocenters. The second kappa shape index (κ2) is 8.94. The van der Waals surface area contributed by atoms with Crippen molar-refractivity contribution >= 4 is 17.3 Å². The minimum atomic E-state index is -0.730. The average molecular weight is 383 g/mol. The molecule has 3 aromatic rings. The summed E-state index contributed by atoms with van der Waals surface area (Å²) in [5, 5.41) is 5.61. The molecule has 0 atom stereocenters. The number of carbonyl (C=O) groups is 1. The highest BCUT2D eigenvalue weighted by molar-refractivity contribution is 5.94. The Morgan fingerprint density at radius 3 is 2.71 bits per heavy atom. The Bertz CT molecular complexity index is 979. The number of hydrogen-bond donors (Lipinski definition) is 2. The van der Waals surface area contributed by atoms with Gasteiger partial charge >= 0.3 is 0 Å². The third-order valence-corrected chi connectivity index (χ3v) is 4.08. The van der Waals surface area contributed by atoms with Gasteiger partial charge in [0, 0.05) is 18.8 Å². The molecule has 0 saturated heterocycles. The van der Waals surface area contributed by atoms with Crippen molar-refractivity contribution < 1.29 is 18.3 Å². The number of para-hydroxylation sites is 1. The highest BCUT2D eigenvalue weighted by atomic mass is 19.1. The van der Waals surface area contributed by atoms with Crippen LogP contribution in [0.25, 0.3) is 0 Å². The molecule has 144 valence electrons. The molecule has 0 saturated carbocycles. The van der Waals surface area contributed by atoms with Crippen LogP contribution in [0.2, 0.25) is 0 Å². The largest absolute Gasteiger partial charge is 0.496 e. The molecular formula is C21H19F2N3O2. The van der Waals surface area contributed by atoms with Crippen LogP contribution in [-0.4, -0.2) is 24.5 Å². The fraction of sp³-hybridized carbons (Fsp3) is 0.143. The van der Waals surface area contributed by atoms with E-state index in [0.29, 0.717) is 24.2 Å². The fourth-order valence-corrected chi connectivity index (χ4v) is 2.70. The van der Waals surface area contributed by atoms with E-state index in [1.165, 1.54) is 18.5 Å². The Balaban J connectivity index is 1.62. The lowest BCUT2D eigenvalue weighted by molar-refractivity contribution is 0.0953. The molecule has 1 heterocycles. The maximum atomic E-state index is 13.8. The molecule has 0 aliphatic heterocycles. The highest BCUT2D eigenvalue weighted by Crippen LogP contribution is 2.21. The first-order valence-electron chi connectivity index (χ1n) is 8.64. The van der Waals surface area contributed by atoms with E-state index in [1.807, 2.05) is 24.3 Å². The van der Waals surface area contributed by atoms with E-state index in [4.69, 9.17) is 4.74 Å². The van der Waals surface area contributed by atoms with E-state index in [-0.39, 0.29) is 11.6 Å². The molecule has 2 aromatic carbocycles. The van der Waals surface area contributed by atoms with Gasteiger partial charge in [-0.2, -0.15) is 0 Å². The Morgan fingerprint density at radius 2 is 1.93 bits per heavy atom. The third-order valence-electron chi connectivity index (χ3n) is 4.08. The summed E-state index contributed by atoms with van der Waals surface area (Å²) in [6.45, 7) is 0.420. The second-order valence-electron chi connectivity index (χ2n) is 6.03. The van der Waals surface area contributed by atoms with Crippen LogP contribution in [0.4, 0.5) is 20.2 Å². The number of amides is 1. The molecule has 0 aliphatic carbocycles. The number of hydrogen-bond acceptors (Lipinski definition) is 4. The van der Waals surface area contributed by atoms with Crippen molar-refractivity contribution in [3.8, 4) is 5.75 Å². The first-order chi connectivity index (χ1) is 13.6. The van der Waals surface area contributed by atoms with Crippen molar-refractivity contribution in [1.82, 2.24) is 10.3 Å². The van der Waals surface area contributed by atoms with Crippen molar-refractivity contribution in [3.63, 3.8) is 0 Å². The fourth-order valence-electron chi connectivity index (χ4n) is 2.70. The lowest BCUT2D eigenvalue weighted by Crippen LogP contribution is -2.26. The number of pyridine rings is 1. The average Bonchev–Trinajstić information content (AvgIpc) is 2.70. The smallest absolute Gasteiger partial charge is 0.252 e. The van der Waals surface area contributed by atoms with E-state index < -0.39 is 11.6 Å². The van der Waals surface area contributed by atoms with Crippen LogP contribution in [0.5, 0.6) is 5.75 Å². The van der Waals surface area contributed by atoms with Crippen LogP contribution in [0.1, 0.15) is 15.9 Å². The monoisotopic (exact) mass is 383 g/mol. The Kier molecular flexibility index (Phi) is 6.16. The summed E-state index contributed by atoms with van der Waals surface area (Å²) in [4.78, 5) is 16.4. The number of halogens is 2. The normalized spacial score (nSPS) is 10.4. The van der Waals surface area contributed by atoms with E-state index in [0.717, 1.165) is 23.4 Å².